The van der Waals surface area contributed by atoms with Crippen molar-refractivity contribution in [3.63, 3.8) is 0 Å². The van der Waals surface area contributed by atoms with Crippen LogP contribution in [-0.2, 0) is 4.79 Å². The molecule has 8 heteroatoms. The lowest BCUT2D eigenvalue weighted by molar-refractivity contribution is -0.120. The molecule has 0 radical (unpaired) electrons. The summed E-state index contributed by atoms with van der Waals surface area (Å²) in [7, 11) is 1.55. The number of aryl methyl sites for hydroxylation is 1. The maximum atomic E-state index is 12.2. The highest BCUT2D eigenvalue weighted by Crippen LogP contribution is 2.23. The molecule has 3 aromatic carbocycles. The summed E-state index contributed by atoms with van der Waals surface area (Å²) in [6, 6.07) is 24.4. The predicted molar refractivity (Wildman–Crippen MR) is 135 cm³/mol. The third-order valence-corrected chi connectivity index (χ3v) is 5.24. The standard InChI is InChI=1S/C27H25N5O3/c1-19-8-10-20(11-9-19)26-22(18-32(31-26)23-6-4-3-5-7-23)16-29-30-25(33)17-28-27(34)21-12-14-24(35-2)15-13-21/h3-16,18H,17H2,1-2H3,(H,28,34)(H,30,33)/b29-16+. The lowest BCUT2D eigenvalue weighted by Crippen LogP contribution is -2.34. The Kier molecular flexibility index (Phi) is 7.32. The van der Waals surface area contributed by atoms with Crippen molar-refractivity contribution >= 4 is 18.0 Å². The third kappa shape index (κ3) is 6.00. The Hall–Kier alpha value is -4.72. The molecule has 4 rings (SSSR count). The quantitative estimate of drug-likeness (QED) is 0.305. The summed E-state index contributed by atoms with van der Waals surface area (Å²) in [6.45, 7) is 1.81. The maximum Gasteiger partial charge on any atom is 0.259 e. The number of aromatic nitrogens is 2. The minimum Gasteiger partial charge on any atom is -0.497 e. The molecule has 0 atom stereocenters. The fourth-order valence-electron chi connectivity index (χ4n) is 3.35. The number of carbonyl (C=O) groups is 2. The Morgan fingerprint density at radius 3 is 2.40 bits per heavy atom. The Balaban J connectivity index is 1.43. The average molecular weight is 468 g/mol. The van der Waals surface area contributed by atoms with Crippen molar-refractivity contribution in [1.29, 1.82) is 0 Å². The van der Waals surface area contributed by atoms with Gasteiger partial charge in [0, 0.05) is 22.9 Å². The molecule has 2 amide bonds. The minimum atomic E-state index is -0.449. The topological polar surface area (TPSA) is 97.6 Å². The predicted octanol–water partition coefficient (Wildman–Crippen LogP) is 3.74. The van der Waals surface area contributed by atoms with E-state index >= 15 is 0 Å². The van der Waals surface area contributed by atoms with Crippen molar-refractivity contribution in [1.82, 2.24) is 20.5 Å². The smallest absolute Gasteiger partial charge is 0.259 e. The van der Waals surface area contributed by atoms with E-state index in [-0.39, 0.29) is 12.5 Å². The van der Waals surface area contributed by atoms with Gasteiger partial charge in [0.2, 0.25) is 0 Å². The van der Waals surface area contributed by atoms with E-state index in [1.807, 2.05) is 67.7 Å². The zero-order valence-electron chi connectivity index (χ0n) is 19.4. The molecule has 1 aromatic heterocycles. The van der Waals surface area contributed by atoms with Crippen LogP contribution in [0.1, 0.15) is 21.5 Å². The lowest BCUT2D eigenvalue weighted by atomic mass is 10.1. The highest BCUT2D eigenvalue weighted by molar-refractivity contribution is 5.96. The second-order valence-corrected chi connectivity index (χ2v) is 7.78. The molecule has 2 N–H and O–H groups in total. The van der Waals surface area contributed by atoms with E-state index < -0.39 is 5.91 Å². The largest absolute Gasteiger partial charge is 0.497 e. The number of para-hydroxylation sites is 1. The first kappa shape index (κ1) is 23.4. The minimum absolute atomic E-state index is 0.212. The van der Waals surface area contributed by atoms with Crippen molar-refractivity contribution in [3.8, 4) is 22.7 Å². The summed E-state index contributed by atoms with van der Waals surface area (Å²) in [4.78, 5) is 24.4. The first-order valence-electron chi connectivity index (χ1n) is 11.0. The molecule has 1 heterocycles. The van der Waals surface area contributed by atoms with E-state index in [0.29, 0.717) is 11.3 Å². The van der Waals surface area contributed by atoms with E-state index in [2.05, 4.69) is 15.8 Å². The molecule has 176 valence electrons. The van der Waals surface area contributed by atoms with Gasteiger partial charge in [0.15, 0.2) is 0 Å². The first-order valence-corrected chi connectivity index (χ1v) is 11.0. The average Bonchev–Trinajstić information content (AvgIpc) is 3.32. The summed E-state index contributed by atoms with van der Waals surface area (Å²) in [5.74, 6) is -0.165. The number of hydrazone groups is 1. The summed E-state index contributed by atoms with van der Waals surface area (Å²) in [5, 5.41) is 11.4. The molecule has 0 aliphatic rings. The van der Waals surface area contributed by atoms with Gasteiger partial charge in [-0.25, -0.2) is 10.1 Å². The van der Waals surface area contributed by atoms with Crippen molar-refractivity contribution in [3.05, 3.63) is 102 Å². The van der Waals surface area contributed by atoms with Gasteiger partial charge in [-0.05, 0) is 43.3 Å². The lowest BCUT2D eigenvalue weighted by Gasteiger charge is -2.05. The van der Waals surface area contributed by atoms with Crippen LogP contribution in [0.5, 0.6) is 5.75 Å². The molecule has 4 aromatic rings. The molecular formula is C27H25N5O3. The van der Waals surface area contributed by atoms with E-state index in [9.17, 15) is 9.59 Å². The number of hydrogen-bond acceptors (Lipinski definition) is 5. The van der Waals surface area contributed by atoms with Crippen LogP contribution in [0.25, 0.3) is 16.9 Å². The number of amides is 2. The molecule has 0 saturated carbocycles. The molecule has 35 heavy (non-hydrogen) atoms. The van der Waals surface area contributed by atoms with Crippen molar-refractivity contribution in [2.24, 2.45) is 5.10 Å². The molecule has 8 nitrogen and oxygen atoms in total. The van der Waals surface area contributed by atoms with Crippen molar-refractivity contribution in [2.75, 3.05) is 13.7 Å². The summed E-state index contributed by atoms with van der Waals surface area (Å²) < 4.78 is 6.85. The van der Waals surface area contributed by atoms with E-state index in [4.69, 9.17) is 9.84 Å². The summed E-state index contributed by atoms with van der Waals surface area (Å²) in [5.41, 5.74) is 7.34. The van der Waals surface area contributed by atoms with Crippen molar-refractivity contribution in [2.45, 2.75) is 6.92 Å². The Morgan fingerprint density at radius 2 is 1.71 bits per heavy atom. The van der Waals surface area contributed by atoms with Crippen LogP contribution in [-0.4, -0.2) is 41.5 Å². The van der Waals surface area contributed by atoms with Crippen molar-refractivity contribution < 1.29 is 14.3 Å². The third-order valence-electron chi connectivity index (χ3n) is 5.24. The fraction of sp³-hybridized carbons (Fsp3) is 0.111. The number of hydrogen-bond donors (Lipinski definition) is 2. The van der Waals surface area contributed by atoms with Gasteiger partial charge in [-0.1, -0.05) is 48.0 Å². The number of nitrogens with zero attached hydrogens (tertiary/aromatic N) is 3. The van der Waals surface area contributed by atoms with Gasteiger partial charge in [-0.15, -0.1) is 0 Å². The van der Waals surface area contributed by atoms with Crippen LogP contribution >= 0.6 is 0 Å². The summed E-state index contributed by atoms with van der Waals surface area (Å²) in [6.07, 6.45) is 3.40. The van der Waals surface area contributed by atoms with Crippen LogP contribution < -0.4 is 15.5 Å². The zero-order valence-corrected chi connectivity index (χ0v) is 19.4. The SMILES string of the molecule is COc1ccc(C(=O)NCC(=O)N/N=C/c2cn(-c3ccccc3)nc2-c2ccc(C)cc2)cc1. The second-order valence-electron chi connectivity index (χ2n) is 7.78. The number of rotatable bonds is 8. The van der Waals surface area contributed by atoms with Crippen LogP contribution in [0.15, 0.2) is 90.2 Å². The monoisotopic (exact) mass is 467 g/mol. The summed E-state index contributed by atoms with van der Waals surface area (Å²) >= 11 is 0. The van der Waals surface area contributed by atoms with Crippen LogP contribution in [0.3, 0.4) is 0 Å². The molecule has 0 fully saturated rings. The maximum absolute atomic E-state index is 12.2. The molecule has 0 saturated heterocycles. The van der Waals surface area contributed by atoms with Crippen LogP contribution in [0.2, 0.25) is 0 Å². The highest BCUT2D eigenvalue weighted by atomic mass is 16.5. The van der Waals surface area contributed by atoms with Gasteiger partial charge in [0.25, 0.3) is 11.8 Å². The Labute approximate surface area is 203 Å². The number of ether oxygens (including phenoxy) is 1. The molecule has 0 unspecified atom stereocenters. The molecule has 0 spiro atoms. The van der Waals surface area contributed by atoms with Gasteiger partial charge in [0.05, 0.1) is 25.6 Å². The second kappa shape index (κ2) is 10.9. The Bertz CT molecular complexity index is 1330. The van der Waals surface area contributed by atoms with Crippen LogP contribution in [0, 0.1) is 6.92 Å². The zero-order chi connectivity index (χ0) is 24.6. The molecule has 0 bridgehead atoms. The number of carbonyl (C=O) groups excluding carboxylic acids is 2. The number of nitrogens with one attached hydrogen (secondary N) is 2. The normalized spacial score (nSPS) is 10.8. The number of methoxy groups -OCH3 is 1. The molecule has 0 aliphatic heterocycles. The van der Waals surface area contributed by atoms with Crippen LogP contribution in [0.4, 0.5) is 0 Å². The van der Waals surface area contributed by atoms with Gasteiger partial charge in [0.1, 0.15) is 11.4 Å². The van der Waals surface area contributed by atoms with Gasteiger partial charge in [-0.2, -0.15) is 10.2 Å². The first-order chi connectivity index (χ1) is 17.0. The van der Waals surface area contributed by atoms with E-state index in [1.54, 1.807) is 42.3 Å². The number of benzene rings is 3. The molecular weight excluding hydrogens is 442 g/mol. The van der Waals surface area contributed by atoms with E-state index in [1.165, 1.54) is 0 Å². The van der Waals surface area contributed by atoms with Gasteiger partial charge < -0.3 is 10.1 Å². The van der Waals surface area contributed by atoms with Gasteiger partial charge >= 0.3 is 0 Å². The Morgan fingerprint density at radius 1 is 1.00 bits per heavy atom. The van der Waals surface area contributed by atoms with E-state index in [0.717, 1.165) is 28.1 Å². The molecule has 0 aliphatic carbocycles. The highest BCUT2D eigenvalue weighted by Gasteiger charge is 2.12. The fourth-order valence-corrected chi connectivity index (χ4v) is 3.35. The van der Waals surface area contributed by atoms with Gasteiger partial charge in [-0.3, -0.25) is 9.59 Å².